The molecule has 1 saturated carbocycles. The summed E-state index contributed by atoms with van der Waals surface area (Å²) in [6, 6.07) is 42.9. The fourth-order valence-electron chi connectivity index (χ4n) is 5.50. The zero-order chi connectivity index (χ0) is 23.4. The molecule has 0 spiro atoms. The minimum atomic E-state index is -3.67. The molecule has 0 amide bonds. The molecule has 0 unspecified atom stereocenters. The van der Waals surface area contributed by atoms with Crippen LogP contribution in [0.15, 0.2) is 127 Å². The van der Waals surface area contributed by atoms with Crippen LogP contribution < -0.4 is 10.7 Å². The summed E-state index contributed by atoms with van der Waals surface area (Å²) in [5.74, 6) is -0.131. The number of carbonyl (C=O) groups is 1. The molecule has 34 heavy (non-hydrogen) atoms. The third-order valence-electron chi connectivity index (χ3n) is 7.15. The molecular weight excluding hydrogens is 523 g/mol. The van der Waals surface area contributed by atoms with E-state index in [-0.39, 0.29) is 9.90 Å². The van der Waals surface area contributed by atoms with Gasteiger partial charge in [-0.1, -0.05) is 0 Å². The first-order valence-electron chi connectivity index (χ1n) is 11.7. The van der Waals surface area contributed by atoms with E-state index >= 15 is 0 Å². The Labute approximate surface area is 205 Å². The molecular formula is C31H28O2Sn. The zero-order valence-corrected chi connectivity index (χ0v) is 22.2. The maximum absolute atomic E-state index is 13.4. The summed E-state index contributed by atoms with van der Waals surface area (Å²) in [4.78, 5) is 13.4. The van der Waals surface area contributed by atoms with Gasteiger partial charge in [0.15, 0.2) is 0 Å². The quantitative estimate of drug-likeness (QED) is 0.244. The number of rotatable bonds is 7. The maximum atomic E-state index is 13.4. The van der Waals surface area contributed by atoms with Gasteiger partial charge in [0, 0.05) is 0 Å². The number of ether oxygens (including phenoxy) is 1. The van der Waals surface area contributed by atoms with E-state index in [1.165, 1.54) is 17.8 Å². The topological polar surface area (TPSA) is 26.3 Å². The van der Waals surface area contributed by atoms with Crippen LogP contribution in [0, 0.1) is 5.41 Å². The monoisotopic (exact) mass is 552 g/mol. The summed E-state index contributed by atoms with van der Waals surface area (Å²) in [5.41, 5.74) is 0.471. The third-order valence-corrected chi connectivity index (χ3v) is 22.8. The number of benzene rings is 4. The van der Waals surface area contributed by atoms with Crippen molar-refractivity contribution < 1.29 is 9.53 Å². The van der Waals surface area contributed by atoms with Crippen LogP contribution in [-0.4, -0.2) is 31.5 Å². The van der Waals surface area contributed by atoms with Gasteiger partial charge in [-0.05, 0) is 0 Å². The van der Waals surface area contributed by atoms with Crippen LogP contribution in [0.1, 0.15) is 12.0 Å². The standard InChI is InChI=1S/C13H13O2.3C6H5.Sn/c1-15-12(14)13(9-10-13)8-7-11-5-3-2-4-6-11;3*1-2-4-6-5-3-1;/h2-9H,10H2,1H3;3*1-5H;/b8-7+;;;;/t13-;;;;/m0..../s1. The van der Waals surface area contributed by atoms with Gasteiger partial charge < -0.3 is 0 Å². The van der Waals surface area contributed by atoms with Gasteiger partial charge in [-0.3, -0.25) is 0 Å². The second kappa shape index (κ2) is 9.63. The number of hydrogen-bond acceptors (Lipinski definition) is 2. The van der Waals surface area contributed by atoms with Crippen molar-refractivity contribution in [1.82, 2.24) is 0 Å². The normalized spacial score (nSPS) is 19.6. The van der Waals surface area contributed by atoms with Crippen molar-refractivity contribution in [2.75, 3.05) is 7.11 Å². The second-order valence-electron chi connectivity index (χ2n) is 8.94. The number of methoxy groups -OCH3 is 1. The average Bonchev–Trinajstić information content (AvgIpc) is 3.66. The first-order valence-corrected chi connectivity index (χ1v) is 17.6. The Balaban J connectivity index is 1.74. The molecule has 2 nitrogen and oxygen atoms in total. The Bertz CT molecular complexity index is 1170. The van der Waals surface area contributed by atoms with Crippen LogP contribution in [0.5, 0.6) is 0 Å². The predicted molar refractivity (Wildman–Crippen MR) is 142 cm³/mol. The van der Waals surface area contributed by atoms with Crippen molar-refractivity contribution in [1.29, 1.82) is 0 Å². The molecule has 1 aliphatic rings. The van der Waals surface area contributed by atoms with Crippen molar-refractivity contribution in [2.45, 2.75) is 10.4 Å². The molecule has 1 aliphatic carbocycles. The predicted octanol–water partition coefficient (Wildman–Crippen LogP) is 4.80. The summed E-state index contributed by atoms with van der Waals surface area (Å²) in [7, 11) is 1.51. The molecule has 1 fully saturated rings. The fraction of sp³-hybridized carbons (Fsp3) is 0.129. The van der Waals surface area contributed by atoms with Crippen molar-refractivity contribution in [2.24, 2.45) is 5.41 Å². The van der Waals surface area contributed by atoms with E-state index < -0.39 is 23.8 Å². The Morgan fingerprint density at radius 1 is 0.735 bits per heavy atom. The zero-order valence-electron chi connectivity index (χ0n) is 19.3. The van der Waals surface area contributed by atoms with Crippen LogP contribution in [0.4, 0.5) is 0 Å². The minimum absolute atomic E-state index is 0.131. The van der Waals surface area contributed by atoms with Crippen LogP contribution in [0.2, 0.25) is 3.93 Å². The van der Waals surface area contributed by atoms with Gasteiger partial charge >= 0.3 is 207 Å². The Morgan fingerprint density at radius 2 is 1.15 bits per heavy atom. The van der Waals surface area contributed by atoms with Crippen molar-refractivity contribution >= 4 is 41.2 Å². The molecule has 4 aromatic carbocycles. The molecule has 0 aromatic heterocycles. The number of esters is 1. The van der Waals surface area contributed by atoms with E-state index in [4.69, 9.17) is 4.74 Å². The van der Waals surface area contributed by atoms with Crippen molar-refractivity contribution in [3.05, 3.63) is 133 Å². The van der Waals surface area contributed by atoms with Crippen molar-refractivity contribution in [3.63, 3.8) is 0 Å². The molecule has 0 heterocycles. The van der Waals surface area contributed by atoms with E-state index in [0.29, 0.717) is 0 Å². The summed E-state index contributed by atoms with van der Waals surface area (Å²) < 4.78 is 9.81. The Morgan fingerprint density at radius 3 is 1.56 bits per heavy atom. The fourth-order valence-corrected chi connectivity index (χ4v) is 22.6. The molecule has 168 valence electrons. The average molecular weight is 551 g/mol. The van der Waals surface area contributed by atoms with E-state index in [9.17, 15) is 4.79 Å². The van der Waals surface area contributed by atoms with Crippen LogP contribution in [-0.2, 0) is 9.53 Å². The van der Waals surface area contributed by atoms with Crippen molar-refractivity contribution in [3.8, 4) is 0 Å². The summed E-state index contributed by atoms with van der Waals surface area (Å²) in [6.45, 7) is 0. The SMILES string of the molecule is COC(=O)[C@]1(/C=C/c2ccccc2)C[C@H]1[Sn]([c]1ccccc1)([c]1ccccc1)[c]1ccccc1. The van der Waals surface area contributed by atoms with Gasteiger partial charge in [0.2, 0.25) is 0 Å². The van der Waals surface area contributed by atoms with Gasteiger partial charge in [0.25, 0.3) is 0 Å². The molecule has 0 saturated heterocycles. The van der Waals surface area contributed by atoms with Crippen LogP contribution in [0.3, 0.4) is 0 Å². The molecule has 0 radical (unpaired) electrons. The number of hydrogen-bond donors (Lipinski definition) is 0. The summed E-state index contributed by atoms with van der Waals surface area (Å²) in [6.07, 6.45) is 5.02. The van der Waals surface area contributed by atoms with Crippen LogP contribution in [0.25, 0.3) is 6.08 Å². The van der Waals surface area contributed by atoms with Crippen LogP contribution >= 0.6 is 0 Å². The third kappa shape index (κ3) is 3.90. The molecule has 0 N–H and O–H groups in total. The van der Waals surface area contributed by atoms with E-state index in [1.54, 1.807) is 0 Å². The molecule has 5 rings (SSSR count). The van der Waals surface area contributed by atoms with E-state index in [0.717, 1.165) is 12.0 Å². The molecule has 0 aliphatic heterocycles. The summed E-state index contributed by atoms with van der Waals surface area (Å²) in [5, 5.41) is 0. The van der Waals surface area contributed by atoms with Gasteiger partial charge in [-0.15, -0.1) is 0 Å². The number of carbonyl (C=O) groups excluding carboxylic acids is 1. The molecule has 3 heteroatoms. The van der Waals surface area contributed by atoms with E-state index in [1.807, 2.05) is 18.2 Å². The molecule has 4 aromatic rings. The summed E-state index contributed by atoms with van der Waals surface area (Å²) >= 11 is -3.67. The van der Waals surface area contributed by atoms with E-state index in [2.05, 4.69) is 115 Å². The second-order valence-corrected chi connectivity index (χ2v) is 20.5. The Kier molecular flexibility index (Phi) is 6.42. The van der Waals surface area contributed by atoms with Gasteiger partial charge in [-0.25, -0.2) is 0 Å². The molecule has 0 bridgehead atoms. The Hall–Kier alpha value is -3.11. The van der Waals surface area contributed by atoms with Gasteiger partial charge in [0.1, 0.15) is 0 Å². The molecule has 2 atom stereocenters. The van der Waals surface area contributed by atoms with Gasteiger partial charge in [0.05, 0.1) is 0 Å². The first kappa shape index (κ1) is 22.7. The van der Waals surface area contributed by atoms with Gasteiger partial charge in [-0.2, -0.15) is 0 Å². The first-order chi connectivity index (χ1) is 16.7.